The fourth-order valence-corrected chi connectivity index (χ4v) is 2.76. The summed E-state index contributed by atoms with van der Waals surface area (Å²) in [5.74, 6) is 1.05. The van der Waals surface area contributed by atoms with Crippen LogP contribution in [0.15, 0.2) is 65.9 Å². The van der Waals surface area contributed by atoms with E-state index in [1.807, 2.05) is 42.5 Å². The van der Waals surface area contributed by atoms with Gasteiger partial charge in [-0.15, -0.1) is 0 Å². The number of anilines is 2. The topological polar surface area (TPSA) is 93.3 Å². The number of pyridine rings is 2. The summed E-state index contributed by atoms with van der Waals surface area (Å²) in [5.41, 5.74) is 9.43. The van der Waals surface area contributed by atoms with Crippen LogP contribution in [0.2, 0.25) is 0 Å². The van der Waals surface area contributed by atoms with Crippen LogP contribution in [-0.4, -0.2) is 22.1 Å². The smallest absolute Gasteiger partial charge is 0.228 e. The van der Waals surface area contributed by atoms with E-state index in [1.165, 1.54) is 0 Å². The maximum atomic E-state index is 11.9. The van der Waals surface area contributed by atoms with Crippen LogP contribution in [0.4, 0.5) is 17.3 Å². The predicted octanol–water partition coefficient (Wildman–Crippen LogP) is 3.82. The van der Waals surface area contributed by atoms with E-state index >= 15 is 0 Å². The van der Waals surface area contributed by atoms with Crippen LogP contribution in [0, 0.1) is 5.92 Å². The van der Waals surface area contributed by atoms with Crippen molar-refractivity contribution in [3.05, 3.63) is 66.5 Å². The molecule has 134 valence electrons. The normalized spacial score (nSPS) is 13.6. The Labute approximate surface area is 157 Å². The summed E-state index contributed by atoms with van der Waals surface area (Å²) in [6, 6.07) is 15.4. The Morgan fingerprint density at radius 3 is 2.67 bits per heavy atom. The minimum absolute atomic E-state index is 0.0273. The molecule has 0 radical (unpaired) electrons. The fourth-order valence-electron chi connectivity index (χ4n) is 2.76. The standard InChI is InChI=1S/C21H19N5O/c22-20-19(17(9-11-24-20)15-4-2-1-3-5-15)25-13-14-8-10-23-18(12-14)26-21(27)16-6-7-16/h1-5,8-13,16H,6-7H2,(H2,22,24)(H,23,26,27). The first-order valence-corrected chi connectivity index (χ1v) is 8.81. The lowest BCUT2D eigenvalue weighted by Crippen LogP contribution is -2.14. The van der Waals surface area contributed by atoms with Crippen molar-refractivity contribution in [1.82, 2.24) is 9.97 Å². The van der Waals surface area contributed by atoms with Crippen LogP contribution in [0.1, 0.15) is 18.4 Å². The summed E-state index contributed by atoms with van der Waals surface area (Å²) in [5, 5.41) is 2.84. The van der Waals surface area contributed by atoms with Gasteiger partial charge < -0.3 is 11.1 Å². The van der Waals surface area contributed by atoms with E-state index in [9.17, 15) is 4.79 Å². The highest BCUT2D eigenvalue weighted by atomic mass is 16.2. The van der Waals surface area contributed by atoms with E-state index in [0.29, 0.717) is 17.3 Å². The number of carbonyl (C=O) groups excluding carboxylic acids is 1. The molecular formula is C21H19N5O. The van der Waals surface area contributed by atoms with Crippen molar-refractivity contribution in [3.63, 3.8) is 0 Å². The van der Waals surface area contributed by atoms with Gasteiger partial charge in [0, 0.05) is 30.1 Å². The molecule has 0 aliphatic heterocycles. The molecule has 6 heteroatoms. The SMILES string of the molecule is Nc1nccc(-c2ccccc2)c1N=Cc1ccnc(NC(=O)C2CC2)c1. The van der Waals surface area contributed by atoms with Crippen molar-refractivity contribution < 1.29 is 4.79 Å². The van der Waals surface area contributed by atoms with Gasteiger partial charge in [-0.25, -0.2) is 9.97 Å². The van der Waals surface area contributed by atoms with Gasteiger partial charge in [0.2, 0.25) is 5.91 Å². The minimum Gasteiger partial charge on any atom is -0.382 e. The van der Waals surface area contributed by atoms with Crippen LogP contribution in [0.5, 0.6) is 0 Å². The van der Waals surface area contributed by atoms with Crippen LogP contribution in [0.25, 0.3) is 11.1 Å². The molecule has 0 saturated heterocycles. The summed E-state index contributed by atoms with van der Waals surface area (Å²) >= 11 is 0. The third kappa shape index (κ3) is 4.00. The number of nitrogens with one attached hydrogen (secondary N) is 1. The number of hydrogen-bond donors (Lipinski definition) is 2. The highest BCUT2D eigenvalue weighted by molar-refractivity contribution is 5.94. The molecule has 2 aromatic heterocycles. The molecule has 0 bridgehead atoms. The van der Waals surface area contributed by atoms with Gasteiger partial charge in [-0.3, -0.25) is 9.79 Å². The zero-order valence-electron chi connectivity index (χ0n) is 14.7. The molecule has 0 unspecified atom stereocenters. The lowest BCUT2D eigenvalue weighted by atomic mass is 10.1. The molecule has 1 aromatic carbocycles. The van der Waals surface area contributed by atoms with Gasteiger partial charge in [0.05, 0.1) is 0 Å². The lowest BCUT2D eigenvalue weighted by molar-refractivity contribution is -0.117. The first-order chi connectivity index (χ1) is 13.2. The predicted molar refractivity (Wildman–Crippen MR) is 107 cm³/mol. The molecule has 3 N–H and O–H groups in total. The van der Waals surface area contributed by atoms with E-state index in [4.69, 9.17) is 5.73 Å². The number of hydrogen-bond acceptors (Lipinski definition) is 5. The number of rotatable bonds is 5. The van der Waals surface area contributed by atoms with Gasteiger partial charge in [0.25, 0.3) is 0 Å². The van der Waals surface area contributed by atoms with E-state index in [-0.39, 0.29) is 11.8 Å². The Hall–Kier alpha value is -3.54. The summed E-state index contributed by atoms with van der Waals surface area (Å²) in [4.78, 5) is 24.8. The Kier molecular flexibility index (Phi) is 4.61. The van der Waals surface area contributed by atoms with E-state index in [0.717, 1.165) is 29.5 Å². The second-order valence-electron chi connectivity index (χ2n) is 6.45. The van der Waals surface area contributed by atoms with Crippen molar-refractivity contribution in [1.29, 1.82) is 0 Å². The second-order valence-corrected chi connectivity index (χ2v) is 6.45. The molecule has 1 saturated carbocycles. The Bertz CT molecular complexity index is 996. The molecule has 1 aliphatic rings. The molecule has 1 aliphatic carbocycles. The lowest BCUT2D eigenvalue weighted by Gasteiger charge is -2.08. The molecule has 0 atom stereocenters. The van der Waals surface area contributed by atoms with Crippen molar-refractivity contribution >= 4 is 29.4 Å². The molecule has 1 fully saturated rings. The third-order valence-corrected chi connectivity index (χ3v) is 4.36. The maximum absolute atomic E-state index is 11.9. The molecule has 4 rings (SSSR count). The van der Waals surface area contributed by atoms with Gasteiger partial charge >= 0.3 is 0 Å². The minimum atomic E-state index is 0.0273. The zero-order valence-corrected chi connectivity index (χ0v) is 14.7. The van der Waals surface area contributed by atoms with Crippen LogP contribution < -0.4 is 11.1 Å². The Balaban J connectivity index is 1.61. The van der Waals surface area contributed by atoms with Gasteiger partial charge in [-0.2, -0.15) is 0 Å². The number of benzene rings is 1. The first kappa shape index (κ1) is 16.9. The molecule has 27 heavy (non-hydrogen) atoms. The van der Waals surface area contributed by atoms with E-state index in [1.54, 1.807) is 24.7 Å². The monoisotopic (exact) mass is 357 g/mol. The number of amides is 1. The highest BCUT2D eigenvalue weighted by Crippen LogP contribution is 2.33. The summed E-state index contributed by atoms with van der Waals surface area (Å²) in [6.45, 7) is 0. The zero-order chi connectivity index (χ0) is 18.6. The van der Waals surface area contributed by atoms with Crippen molar-refractivity contribution in [3.8, 4) is 11.1 Å². The summed E-state index contributed by atoms with van der Waals surface area (Å²) in [7, 11) is 0. The molecule has 6 nitrogen and oxygen atoms in total. The van der Waals surface area contributed by atoms with Gasteiger partial charge in [-0.1, -0.05) is 30.3 Å². The van der Waals surface area contributed by atoms with Crippen LogP contribution >= 0.6 is 0 Å². The Morgan fingerprint density at radius 2 is 1.89 bits per heavy atom. The average Bonchev–Trinajstić information content (AvgIpc) is 3.53. The number of aliphatic imine (C=N–C) groups is 1. The molecule has 0 spiro atoms. The van der Waals surface area contributed by atoms with Gasteiger partial charge in [-0.05, 0) is 42.2 Å². The van der Waals surface area contributed by atoms with Crippen molar-refractivity contribution in [2.24, 2.45) is 10.9 Å². The maximum Gasteiger partial charge on any atom is 0.228 e. The Morgan fingerprint density at radius 1 is 1.11 bits per heavy atom. The molecule has 2 heterocycles. The fraction of sp³-hybridized carbons (Fsp3) is 0.143. The van der Waals surface area contributed by atoms with Crippen LogP contribution in [-0.2, 0) is 4.79 Å². The average molecular weight is 357 g/mol. The van der Waals surface area contributed by atoms with Gasteiger partial charge in [0.15, 0.2) is 0 Å². The van der Waals surface area contributed by atoms with E-state index < -0.39 is 0 Å². The van der Waals surface area contributed by atoms with Crippen LogP contribution in [0.3, 0.4) is 0 Å². The number of nitrogen functional groups attached to an aromatic ring is 1. The molecule has 3 aromatic rings. The quantitative estimate of drug-likeness (QED) is 0.679. The summed E-state index contributed by atoms with van der Waals surface area (Å²) < 4.78 is 0. The molecular weight excluding hydrogens is 338 g/mol. The van der Waals surface area contributed by atoms with E-state index in [2.05, 4.69) is 20.3 Å². The van der Waals surface area contributed by atoms with Gasteiger partial charge in [0.1, 0.15) is 17.3 Å². The second kappa shape index (κ2) is 7.37. The van der Waals surface area contributed by atoms with Crippen molar-refractivity contribution in [2.45, 2.75) is 12.8 Å². The number of carbonyl (C=O) groups is 1. The largest absolute Gasteiger partial charge is 0.382 e. The number of aromatic nitrogens is 2. The first-order valence-electron chi connectivity index (χ1n) is 8.81. The number of nitrogens with zero attached hydrogens (tertiary/aromatic N) is 3. The summed E-state index contributed by atoms with van der Waals surface area (Å²) in [6.07, 6.45) is 6.93. The molecule has 1 amide bonds. The van der Waals surface area contributed by atoms with Crippen molar-refractivity contribution in [2.75, 3.05) is 11.1 Å². The highest BCUT2D eigenvalue weighted by Gasteiger charge is 2.29. The third-order valence-electron chi connectivity index (χ3n) is 4.36. The number of nitrogens with two attached hydrogens (primary N) is 1.